The molecule has 3 rings (SSSR count). The highest BCUT2D eigenvalue weighted by Gasteiger charge is 2.18. The van der Waals surface area contributed by atoms with E-state index < -0.39 is 0 Å². The van der Waals surface area contributed by atoms with Crippen LogP contribution < -0.4 is 0 Å². The highest BCUT2D eigenvalue weighted by Crippen LogP contribution is 2.25. The van der Waals surface area contributed by atoms with Crippen molar-refractivity contribution in [2.24, 2.45) is 0 Å². The maximum absolute atomic E-state index is 12.6. The average Bonchev–Trinajstić information content (AvgIpc) is 3.21. The molecule has 1 amide bonds. The van der Waals surface area contributed by atoms with Crippen LogP contribution in [0.5, 0.6) is 0 Å². The van der Waals surface area contributed by atoms with Crippen LogP contribution in [0.3, 0.4) is 0 Å². The quantitative estimate of drug-likeness (QED) is 0.621. The normalized spacial score (nSPS) is 12.0. The summed E-state index contributed by atoms with van der Waals surface area (Å²) in [5.74, 6) is 0.550. The first-order valence-electron chi connectivity index (χ1n) is 8.45. The fourth-order valence-electron chi connectivity index (χ4n) is 2.65. The number of carbonyl (C=O) groups is 1. The lowest BCUT2D eigenvalue weighted by Crippen LogP contribution is -2.31. The number of amides is 1. The van der Waals surface area contributed by atoms with Gasteiger partial charge in [-0.3, -0.25) is 4.79 Å². The van der Waals surface area contributed by atoms with Gasteiger partial charge < -0.3 is 4.90 Å². The van der Waals surface area contributed by atoms with Crippen LogP contribution >= 0.6 is 11.8 Å². The SMILES string of the molecule is Cc1ccccc1SCC(=O)N(C)[C@H](C)c1ccc(-n2cncn2)cc1. The van der Waals surface area contributed by atoms with E-state index in [0.717, 1.165) is 16.1 Å². The Labute approximate surface area is 158 Å². The molecule has 0 bridgehead atoms. The van der Waals surface area contributed by atoms with Crippen molar-refractivity contribution in [2.75, 3.05) is 12.8 Å². The summed E-state index contributed by atoms with van der Waals surface area (Å²) in [5.41, 5.74) is 3.23. The highest BCUT2D eigenvalue weighted by atomic mass is 32.2. The van der Waals surface area contributed by atoms with Gasteiger partial charge in [0.25, 0.3) is 0 Å². The average molecular weight is 366 g/mol. The summed E-state index contributed by atoms with van der Waals surface area (Å²) in [5, 5.41) is 4.12. The number of hydrogen-bond acceptors (Lipinski definition) is 4. The van der Waals surface area contributed by atoms with Gasteiger partial charge in [-0.05, 0) is 43.2 Å². The van der Waals surface area contributed by atoms with Crippen LogP contribution in [-0.2, 0) is 4.79 Å². The lowest BCUT2D eigenvalue weighted by atomic mass is 10.1. The third-order valence-corrected chi connectivity index (χ3v) is 5.64. The summed E-state index contributed by atoms with van der Waals surface area (Å²) >= 11 is 1.59. The van der Waals surface area contributed by atoms with E-state index >= 15 is 0 Å². The standard InChI is InChI=1S/C20H22N4OS/c1-15-6-4-5-7-19(15)26-12-20(25)23(3)16(2)17-8-10-18(11-9-17)24-14-21-13-22-24/h4-11,13-14,16H,12H2,1-3H3/t16-/m1/s1. The summed E-state index contributed by atoms with van der Waals surface area (Å²) in [4.78, 5) is 19.5. The Balaban J connectivity index is 1.62. The van der Waals surface area contributed by atoms with Crippen LogP contribution in [0.4, 0.5) is 0 Å². The number of aryl methyl sites for hydroxylation is 1. The molecule has 1 aromatic heterocycles. The Morgan fingerprint density at radius 1 is 1.19 bits per heavy atom. The number of rotatable bonds is 6. The Morgan fingerprint density at radius 3 is 2.58 bits per heavy atom. The van der Waals surface area contributed by atoms with Crippen molar-refractivity contribution in [3.63, 3.8) is 0 Å². The van der Waals surface area contributed by atoms with Crippen molar-refractivity contribution < 1.29 is 4.79 Å². The molecule has 0 aliphatic rings. The molecule has 0 N–H and O–H groups in total. The summed E-state index contributed by atoms with van der Waals surface area (Å²) < 4.78 is 1.71. The van der Waals surface area contributed by atoms with Crippen molar-refractivity contribution >= 4 is 17.7 Å². The minimum absolute atomic E-state index is 0.00441. The number of benzene rings is 2. The molecule has 26 heavy (non-hydrogen) atoms. The first kappa shape index (κ1) is 18.2. The lowest BCUT2D eigenvalue weighted by Gasteiger charge is -2.25. The second-order valence-electron chi connectivity index (χ2n) is 6.17. The highest BCUT2D eigenvalue weighted by molar-refractivity contribution is 8.00. The van der Waals surface area contributed by atoms with E-state index in [1.807, 2.05) is 50.4 Å². The van der Waals surface area contributed by atoms with Gasteiger partial charge in [-0.15, -0.1) is 11.8 Å². The van der Waals surface area contributed by atoms with E-state index in [1.165, 1.54) is 11.9 Å². The molecule has 134 valence electrons. The molecule has 1 heterocycles. The maximum atomic E-state index is 12.6. The van der Waals surface area contributed by atoms with Crippen LogP contribution in [0.2, 0.25) is 0 Å². The maximum Gasteiger partial charge on any atom is 0.233 e. The molecule has 6 heteroatoms. The smallest absolute Gasteiger partial charge is 0.233 e. The fraction of sp³-hybridized carbons (Fsp3) is 0.250. The lowest BCUT2D eigenvalue weighted by molar-refractivity contribution is -0.128. The first-order valence-corrected chi connectivity index (χ1v) is 9.44. The molecule has 0 unspecified atom stereocenters. The van der Waals surface area contributed by atoms with E-state index in [0.29, 0.717) is 5.75 Å². The van der Waals surface area contributed by atoms with Gasteiger partial charge in [0.1, 0.15) is 12.7 Å². The molecule has 0 aliphatic carbocycles. The van der Waals surface area contributed by atoms with Gasteiger partial charge in [-0.25, -0.2) is 9.67 Å². The molecule has 0 radical (unpaired) electrons. The largest absolute Gasteiger partial charge is 0.338 e. The molecule has 5 nitrogen and oxygen atoms in total. The van der Waals surface area contributed by atoms with Gasteiger partial charge in [0.2, 0.25) is 5.91 Å². The van der Waals surface area contributed by atoms with Gasteiger partial charge in [0.15, 0.2) is 0 Å². The number of nitrogens with zero attached hydrogens (tertiary/aromatic N) is 4. The predicted molar refractivity (Wildman–Crippen MR) is 104 cm³/mol. The first-order chi connectivity index (χ1) is 12.6. The molecule has 0 saturated heterocycles. The fourth-order valence-corrected chi connectivity index (χ4v) is 3.60. The Hall–Kier alpha value is -2.60. The minimum Gasteiger partial charge on any atom is -0.338 e. The zero-order chi connectivity index (χ0) is 18.5. The van der Waals surface area contributed by atoms with Gasteiger partial charge >= 0.3 is 0 Å². The number of hydrogen-bond donors (Lipinski definition) is 0. The Kier molecular flexibility index (Phi) is 5.73. The third-order valence-electron chi connectivity index (χ3n) is 4.48. The number of aromatic nitrogens is 3. The van der Waals surface area contributed by atoms with Crippen molar-refractivity contribution in [3.8, 4) is 5.69 Å². The van der Waals surface area contributed by atoms with Crippen LogP contribution in [0.1, 0.15) is 24.1 Å². The Morgan fingerprint density at radius 2 is 1.92 bits per heavy atom. The van der Waals surface area contributed by atoms with Crippen molar-refractivity contribution in [1.82, 2.24) is 19.7 Å². The minimum atomic E-state index is 0.00441. The molecule has 0 aliphatic heterocycles. The second kappa shape index (κ2) is 8.19. The molecule has 2 aromatic carbocycles. The summed E-state index contributed by atoms with van der Waals surface area (Å²) in [7, 11) is 1.86. The topological polar surface area (TPSA) is 51.0 Å². The zero-order valence-electron chi connectivity index (χ0n) is 15.2. The Bertz CT molecular complexity index is 862. The summed E-state index contributed by atoms with van der Waals surface area (Å²) in [6.45, 7) is 4.11. The van der Waals surface area contributed by atoms with Gasteiger partial charge in [-0.2, -0.15) is 5.10 Å². The molecular weight excluding hydrogens is 344 g/mol. The molecular formula is C20H22N4OS. The molecule has 1 atom stereocenters. The second-order valence-corrected chi connectivity index (χ2v) is 7.18. The van der Waals surface area contributed by atoms with E-state index in [9.17, 15) is 4.79 Å². The van der Waals surface area contributed by atoms with Crippen molar-refractivity contribution in [1.29, 1.82) is 0 Å². The van der Waals surface area contributed by atoms with Crippen LogP contribution in [0.15, 0.2) is 66.1 Å². The van der Waals surface area contributed by atoms with Crippen LogP contribution in [-0.4, -0.2) is 38.4 Å². The van der Waals surface area contributed by atoms with Crippen LogP contribution in [0.25, 0.3) is 5.69 Å². The summed E-state index contributed by atoms with van der Waals surface area (Å²) in [6.07, 6.45) is 3.17. The van der Waals surface area contributed by atoms with Crippen molar-refractivity contribution in [2.45, 2.75) is 24.8 Å². The third kappa shape index (κ3) is 4.14. The van der Waals surface area contributed by atoms with E-state index in [4.69, 9.17) is 0 Å². The number of thioether (sulfide) groups is 1. The molecule has 0 spiro atoms. The summed E-state index contributed by atoms with van der Waals surface area (Å²) in [6, 6.07) is 16.2. The van der Waals surface area contributed by atoms with E-state index in [-0.39, 0.29) is 11.9 Å². The van der Waals surface area contributed by atoms with Gasteiger partial charge in [0.05, 0.1) is 17.5 Å². The van der Waals surface area contributed by atoms with Crippen LogP contribution in [0, 0.1) is 6.92 Å². The number of carbonyl (C=O) groups excluding carboxylic acids is 1. The monoisotopic (exact) mass is 366 g/mol. The van der Waals surface area contributed by atoms with Crippen molar-refractivity contribution in [3.05, 3.63) is 72.3 Å². The zero-order valence-corrected chi connectivity index (χ0v) is 16.0. The van der Waals surface area contributed by atoms with Gasteiger partial charge in [-0.1, -0.05) is 30.3 Å². The molecule has 3 aromatic rings. The van der Waals surface area contributed by atoms with E-state index in [1.54, 1.807) is 27.7 Å². The molecule has 0 fully saturated rings. The van der Waals surface area contributed by atoms with Gasteiger partial charge in [0, 0.05) is 11.9 Å². The molecule has 0 saturated carbocycles. The predicted octanol–water partition coefficient (Wildman–Crippen LogP) is 3.89. The van der Waals surface area contributed by atoms with E-state index in [2.05, 4.69) is 29.1 Å².